The maximum Gasteiger partial charge on any atom is 0.325 e. The van der Waals surface area contributed by atoms with Crippen LogP contribution in [0.15, 0.2) is 54.6 Å². The Morgan fingerprint density at radius 2 is 1.74 bits per heavy atom. The molecule has 1 unspecified atom stereocenters. The number of nitrogens with one attached hydrogen (secondary N) is 1. The first-order valence-electron chi connectivity index (χ1n) is 10.3. The summed E-state index contributed by atoms with van der Waals surface area (Å²) in [6.45, 7) is 3.32. The molecule has 2 N–H and O–H groups in total. The van der Waals surface area contributed by atoms with Crippen LogP contribution < -0.4 is 9.62 Å². The highest BCUT2D eigenvalue weighted by Crippen LogP contribution is 2.57. The van der Waals surface area contributed by atoms with E-state index in [2.05, 4.69) is 4.72 Å². The first kappa shape index (κ1) is 21.7. The van der Waals surface area contributed by atoms with Gasteiger partial charge in [0.1, 0.15) is 11.4 Å². The van der Waals surface area contributed by atoms with Crippen molar-refractivity contribution >= 4 is 21.9 Å². The Morgan fingerprint density at radius 3 is 2.39 bits per heavy atom. The van der Waals surface area contributed by atoms with E-state index in [0.717, 1.165) is 11.3 Å². The smallest absolute Gasteiger partial charge is 0.325 e. The van der Waals surface area contributed by atoms with Crippen molar-refractivity contribution < 1.29 is 22.7 Å². The Balaban J connectivity index is 1.50. The number of hydrogen-bond acceptors (Lipinski definition) is 4. The molecule has 1 heterocycles. The molecular formula is C22H26FN3O4S. The van der Waals surface area contributed by atoms with Crippen molar-refractivity contribution in [3.63, 3.8) is 0 Å². The van der Waals surface area contributed by atoms with Crippen LogP contribution in [0.5, 0.6) is 0 Å². The van der Waals surface area contributed by atoms with Crippen LogP contribution in [-0.4, -0.2) is 55.5 Å². The largest absolute Gasteiger partial charge is 0.480 e. The molecule has 166 valence electrons. The van der Waals surface area contributed by atoms with Crippen LogP contribution in [0.4, 0.5) is 10.1 Å². The number of rotatable bonds is 6. The molecule has 2 aromatic carbocycles. The third-order valence-electron chi connectivity index (χ3n) is 6.40. The second-order valence-corrected chi connectivity index (χ2v) is 9.85. The second-order valence-electron chi connectivity index (χ2n) is 8.17. The van der Waals surface area contributed by atoms with E-state index >= 15 is 0 Å². The number of nitrogens with zero attached hydrogens (tertiary/aromatic N) is 2. The molecule has 1 aliphatic heterocycles. The molecule has 4 rings (SSSR count). The van der Waals surface area contributed by atoms with E-state index in [1.807, 2.05) is 35.2 Å². The lowest BCUT2D eigenvalue weighted by atomic mass is 10.1. The Morgan fingerprint density at radius 1 is 1.06 bits per heavy atom. The quantitative estimate of drug-likeness (QED) is 0.710. The maximum atomic E-state index is 13.2. The van der Waals surface area contributed by atoms with Crippen LogP contribution in [-0.2, 0) is 15.0 Å². The van der Waals surface area contributed by atoms with Gasteiger partial charge in [-0.25, -0.2) is 4.39 Å². The lowest BCUT2D eigenvalue weighted by molar-refractivity contribution is -0.140. The summed E-state index contributed by atoms with van der Waals surface area (Å²) in [6.07, 6.45) is 0.579. The van der Waals surface area contributed by atoms with Crippen LogP contribution in [0.2, 0.25) is 0 Å². The van der Waals surface area contributed by atoms with Crippen LogP contribution >= 0.6 is 0 Å². The van der Waals surface area contributed by atoms with E-state index in [0.29, 0.717) is 19.5 Å². The molecule has 0 aromatic heterocycles. The van der Waals surface area contributed by atoms with E-state index in [1.165, 1.54) is 16.4 Å². The third kappa shape index (κ3) is 4.05. The summed E-state index contributed by atoms with van der Waals surface area (Å²) >= 11 is 0. The van der Waals surface area contributed by atoms with Gasteiger partial charge in [-0.2, -0.15) is 17.4 Å². The van der Waals surface area contributed by atoms with E-state index in [9.17, 15) is 22.7 Å². The minimum Gasteiger partial charge on any atom is -0.480 e. The fourth-order valence-corrected chi connectivity index (χ4v) is 6.27. The molecule has 1 aliphatic carbocycles. The average Bonchev–Trinajstić information content (AvgIpc) is 3.41. The summed E-state index contributed by atoms with van der Waals surface area (Å²) in [5, 5.41) is 9.95. The second kappa shape index (κ2) is 8.22. The van der Waals surface area contributed by atoms with Gasteiger partial charge in [0.25, 0.3) is 10.2 Å². The molecular weight excluding hydrogens is 421 g/mol. The Kier molecular flexibility index (Phi) is 5.76. The van der Waals surface area contributed by atoms with Gasteiger partial charge < -0.3 is 10.0 Å². The summed E-state index contributed by atoms with van der Waals surface area (Å²) in [7, 11) is -4.02. The predicted octanol–water partition coefficient (Wildman–Crippen LogP) is 2.43. The number of carboxylic acid groups (broad SMARTS) is 1. The Labute approximate surface area is 181 Å². The molecule has 0 spiro atoms. The highest BCUT2D eigenvalue weighted by molar-refractivity contribution is 7.87. The van der Waals surface area contributed by atoms with Crippen molar-refractivity contribution in [1.82, 2.24) is 9.03 Å². The summed E-state index contributed by atoms with van der Waals surface area (Å²) in [5.41, 5.74) is 0.0809. The van der Waals surface area contributed by atoms with Crippen molar-refractivity contribution in [1.29, 1.82) is 0 Å². The summed E-state index contributed by atoms with van der Waals surface area (Å²) in [4.78, 5) is 14.2. The number of halogens is 1. The maximum absolute atomic E-state index is 13.2. The molecule has 31 heavy (non-hydrogen) atoms. The van der Waals surface area contributed by atoms with Gasteiger partial charge in [0.2, 0.25) is 0 Å². The molecule has 0 amide bonds. The molecule has 2 aliphatic rings. The van der Waals surface area contributed by atoms with Crippen molar-refractivity contribution in [2.75, 3.05) is 31.1 Å². The molecule has 3 atom stereocenters. The molecule has 9 heteroatoms. The number of carboxylic acids is 1. The zero-order chi connectivity index (χ0) is 22.2. The minimum atomic E-state index is -4.02. The number of benzene rings is 2. The first-order chi connectivity index (χ1) is 14.8. The number of hydrogen-bond donors (Lipinski definition) is 2. The van der Waals surface area contributed by atoms with Gasteiger partial charge in [-0.3, -0.25) is 4.79 Å². The zero-order valence-electron chi connectivity index (χ0n) is 17.2. The van der Waals surface area contributed by atoms with E-state index in [4.69, 9.17) is 0 Å². The molecule has 2 fully saturated rings. The van der Waals surface area contributed by atoms with Gasteiger partial charge in [0.15, 0.2) is 0 Å². The number of carbonyl (C=O) groups is 1. The topological polar surface area (TPSA) is 90.0 Å². The summed E-state index contributed by atoms with van der Waals surface area (Å²) in [6, 6.07) is 15.2. The van der Waals surface area contributed by atoms with Crippen LogP contribution in [0.25, 0.3) is 0 Å². The highest BCUT2D eigenvalue weighted by atomic mass is 32.2. The standard InChI is InChI=1S/C22H26FN3O4S/c1-16-20(17-6-3-2-4-7-17)22(16,21(27)28)24-31(29,30)26-13-5-12-25(14-15-26)19-10-8-18(23)9-11-19/h2-4,6-11,16,20,24H,5,12-15H2,1H3,(H,27,28)/t16?,20-,22+/m1/s1. The van der Waals surface area contributed by atoms with Crippen LogP contribution in [0, 0.1) is 11.7 Å². The highest BCUT2D eigenvalue weighted by Gasteiger charge is 2.70. The lowest BCUT2D eigenvalue weighted by Crippen LogP contribution is -2.52. The normalized spacial score (nSPS) is 27.0. The van der Waals surface area contributed by atoms with E-state index in [-0.39, 0.29) is 24.8 Å². The SMILES string of the molecule is CC1[C@H](c2ccccc2)[C@]1(NS(=O)(=O)N1CCCN(c2ccc(F)cc2)CC1)C(=O)O. The third-order valence-corrected chi connectivity index (χ3v) is 8.04. The van der Waals surface area contributed by atoms with E-state index in [1.54, 1.807) is 19.1 Å². The van der Waals surface area contributed by atoms with Gasteiger partial charge in [0, 0.05) is 37.8 Å². The number of anilines is 1. The van der Waals surface area contributed by atoms with Gasteiger partial charge >= 0.3 is 5.97 Å². The van der Waals surface area contributed by atoms with Gasteiger partial charge in [-0.05, 0) is 42.2 Å². The van der Waals surface area contributed by atoms with Crippen LogP contribution in [0.1, 0.15) is 24.8 Å². The summed E-state index contributed by atoms with van der Waals surface area (Å²) < 4.78 is 43.4. The van der Waals surface area contributed by atoms with Gasteiger partial charge in [-0.1, -0.05) is 37.3 Å². The average molecular weight is 448 g/mol. The Hall–Kier alpha value is -2.49. The van der Waals surface area contributed by atoms with Crippen molar-refractivity contribution in [2.45, 2.75) is 24.8 Å². The van der Waals surface area contributed by atoms with Crippen LogP contribution in [0.3, 0.4) is 0 Å². The molecule has 0 bridgehead atoms. The molecule has 1 saturated heterocycles. The molecule has 1 saturated carbocycles. The lowest BCUT2D eigenvalue weighted by Gasteiger charge is -2.25. The molecule has 7 nitrogen and oxygen atoms in total. The monoisotopic (exact) mass is 447 g/mol. The molecule has 0 radical (unpaired) electrons. The minimum absolute atomic E-state index is 0.215. The summed E-state index contributed by atoms with van der Waals surface area (Å²) in [5.74, 6) is -2.29. The fraction of sp³-hybridized carbons (Fsp3) is 0.409. The van der Waals surface area contributed by atoms with Gasteiger partial charge in [-0.15, -0.1) is 0 Å². The van der Waals surface area contributed by atoms with Gasteiger partial charge in [0.05, 0.1) is 0 Å². The predicted molar refractivity (Wildman–Crippen MR) is 116 cm³/mol. The molecule has 2 aromatic rings. The van der Waals surface area contributed by atoms with E-state index < -0.39 is 27.6 Å². The zero-order valence-corrected chi connectivity index (χ0v) is 18.1. The number of aliphatic carboxylic acids is 1. The fourth-order valence-electron chi connectivity index (χ4n) is 4.62. The van der Waals surface area contributed by atoms with Crippen molar-refractivity contribution in [3.05, 3.63) is 66.0 Å². The first-order valence-corrected chi connectivity index (χ1v) is 11.8. The van der Waals surface area contributed by atoms with Crippen molar-refractivity contribution in [3.8, 4) is 0 Å². The van der Waals surface area contributed by atoms with Crippen molar-refractivity contribution in [2.24, 2.45) is 5.92 Å². The Bertz CT molecular complexity index is 1050.